The van der Waals surface area contributed by atoms with Gasteiger partial charge in [-0.2, -0.15) is 0 Å². The van der Waals surface area contributed by atoms with Crippen LogP contribution in [0.2, 0.25) is 5.02 Å². The summed E-state index contributed by atoms with van der Waals surface area (Å²) in [6, 6.07) is 14.4. The monoisotopic (exact) mass is 442 g/mol. The maximum atomic E-state index is 12.2. The summed E-state index contributed by atoms with van der Waals surface area (Å²) in [6.45, 7) is 0. The summed E-state index contributed by atoms with van der Waals surface area (Å²) in [5, 5.41) is 9.12. The lowest BCUT2D eigenvalue weighted by molar-refractivity contribution is -0.116. The highest BCUT2D eigenvalue weighted by Crippen LogP contribution is 2.28. The number of nitrogens with one attached hydrogen (secondary N) is 2. The van der Waals surface area contributed by atoms with Gasteiger partial charge in [0.15, 0.2) is 10.3 Å². The fourth-order valence-electron chi connectivity index (χ4n) is 2.61. The van der Waals surface area contributed by atoms with E-state index in [0.29, 0.717) is 27.3 Å². The van der Waals surface area contributed by atoms with Crippen molar-refractivity contribution in [3.05, 3.63) is 70.2 Å². The molecule has 0 aliphatic rings. The minimum atomic E-state index is -0.208. The Balaban J connectivity index is 1.30. The van der Waals surface area contributed by atoms with Gasteiger partial charge in [0, 0.05) is 22.4 Å². The zero-order valence-corrected chi connectivity index (χ0v) is 17.4. The molecule has 0 saturated heterocycles. The first-order valence-corrected chi connectivity index (χ1v) is 10.8. The van der Waals surface area contributed by atoms with Crippen LogP contribution >= 0.6 is 34.3 Å². The van der Waals surface area contributed by atoms with Crippen molar-refractivity contribution in [3.63, 3.8) is 0 Å². The molecule has 2 heterocycles. The molecular formula is C20H15ClN4O2S2. The Labute approximate surface area is 179 Å². The molecule has 29 heavy (non-hydrogen) atoms. The smallest absolute Gasteiger partial charge is 0.257 e. The van der Waals surface area contributed by atoms with E-state index in [2.05, 4.69) is 20.6 Å². The maximum absolute atomic E-state index is 12.2. The first kappa shape index (κ1) is 19.5. The van der Waals surface area contributed by atoms with E-state index in [1.807, 2.05) is 23.6 Å². The molecule has 9 heteroatoms. The van der Waals surface area contributed by atoms with E-state index >= 15 is 0 Å². The number of hydrogen-bond acceptors (Lipinski definition) is 6. The molecule has 0 radical (unpaired) electrons. The van der Waals surface area contributed by atoms with Gasteiger partial charge in [0.05, 0.1) is 15.9 Å². The molecule has 2 aromatic carbocycles. The van der Waals surface area contributed by atoms with Crippen molar-refractivity contribution in [2.75, 3.05) is 10.6 Å². The normalized spacial score (nSPS) is 10.8. The van der Waals surface area contributed by atoms with Crippen LogP contribution in [0.25, 0.3) is 10.2 Å². The minimum Gasteiger partial charge on any atom is -0.302 e. The van der Waals surface area contributed by atoms with Crippen molar-refractivity contribution in [2.24, 2.45) is 0 Å². The van der Waals surface area contributed by atoms with E-state index in [1.54, 1.807) is 30.3 Å². The molecule has 4 rings (SSSR count). The van der Waals surface area contributed by atoms with Crippen molar-refractivity contribution in [1.82, 2.24) is 9.97 Å². The van der Waals surface area contributed by atoms with Crippen LogP contribution in [0.4, 0.5) is 10.3 Å². The molecule has 0 atom stereocenters. The maximum Gasteiger partial charge on any atom is 0.257 e. The van der Waals surface area contributed by atoms with Gasteiger partial charge in [-0.3, -0.25) is 14.9 Å². The lowest BCUT2D eigenvalue weighted by Gasteiger charge is -2.01. The second kappa shape index (κ2) is 8.69. The number of aryl methyl sites for hydroxylation is 1. The molecule has 4 aromatic rings. The number of carbonyl (C=O) groups excluding carboxylic acids is 2. The zero-order chi connectivity index (χ0) is 20.2. The third kappa shape index (κ3) is 4.97. The highest BCUT2D eigenvalue weighted by molar-refractivity contribution is 7.22. The number of carbonyl (C=O) groups is 2. The number of benzene rings is 2. The Kier molecular flexibility index (Phi) is 5.84. The van der Waals surface area contributed by atoms with Crippen molar-refractivity contribution >= 4 is 66.6 Å². The van der Waals surface area contributed by atoms with Crippen molar-refractivity contribution in [3.8, 4) is 0 Å². The number of anilines is 2. The Morgan fingerprint density at radius 3 is 2.66 bits per heavy atom. The topological polar surface area (TPSA) is 84.0 Å². The molecule has 6 nitrogen and oxygen atoms in total. The Morgan fingerprint density at radius 2 is 1.83 bits per heavy atom. The molecule has 2 N–H and O–H groups in total. The largest absolute Gasteiger partial charge is 0.302 e. The molecule has 2 amide bonds. The van der Waals surface area contributed by atoms with Crippen LogP contribution in [0.3, 0.4) is 0 Å². The highest BCUT2D eigenvalue weighted by Gasteiger charge is 2.11. The van der Waals surface area contributed by atoms with Gasteiger partial charge in [0.1, 0.15) is 0 Å². The van der Waals surface area contributed by atoms with E-state index in [-0.39, 0.29) is 18.2 Å². The zero-order valence-electron chi connectivity index (χ0n) is 15.0. The summed E-state index contributed by atoms with van der Waals surface area (Å²) in [7, 11) is 0. The van der Waals surface area contributed by atoms with Crippen molar-refractivity contribution < 1.29 is 9.59 Å². The summed E-state index contributed by atoms with van der Waals surface area (Å²) in [5.74, 6) is -0.349. The minimum absolute atomic E-state index is 0.141. The first-order valence-electron chi connectivity index (χ1n) is 8.73. The van der Waals surface area contributed by atoms with Crippen LogP contribution in [0.5, 0.6) is 0 Å². The molecule has 0 spiro atoms. The fourth-order valence-corrected chi connectivity index (χ4v) is 4.51. The van der Waals surface area contributed by atoms with E-state index in [4.69, 9.17) is 11.6 Å². The second-order valence-electron chi connectivity index (χ2n) is 6.14. The van der Waals surface area contributed by atoms with Crippen LogP contribution in [-0.2, 0) is 11.2 Å². The Hall–Kier alpha value is -2.81. The number of amides is 2. The summed E-state index contributed by atoms with van der Waals surface area (Å²) in [4.78, 5) is 33.2. The van der Waals surface area contributed by atoms with Gasteiger partial charge in [-0.05, 0) is 36.8 Å². The average Bonchev–Trinajstić information content (AvgIpc) is 3.32. The van der Waals surface area contributed by atoms with E-state index in [9.17, 15) is 9.59 Å². The van der Waals surface area contributed by atoms with Crippen LogP contribution in [-0.4, -0.2) is 21.8 Å². The lowest BCUT2D eigenvalue weighted by atomic mass is 10.2. The molecule has 0 unspecified atom stereocenters. The summed E-state index contributed by atoms with van der Waals surface area (Å²) < 4.78 is 0.922. The predicted molar refractivity (Wildman–Crippen MR) is 118 cm³/mol. The Morgan fingerprint density at radius 1 is 1.00 bits per heavy atom. The molecule has 2 aromatic heterocycles. The number of hydrogen-bond donors (Lipinski definition) is 2. The highest BCUT2D eigenvalue weighted by atomic mass is 35.5. The third-order valence-corrected chi connectivity index (χ3v) is 5.99. The van der Waals surface area contributed by atoms with Crippen LogP contribution in [0.1, 0.15) is 22.5 Å². The molecule has 146 valence electrons. The predicted octanol–water partition coefficient (Wildman–Crippen LogP) is 5.23. The number of halogens is 1. The summed E-state index contributed by atoms with van der Waals surface area (Å²) in [5.41, 5.74) is 2.12. The SMILES string of the molecule is O=C(CCc1csc(NC(=O)c2ccccc2)n1)Nc1nc2ccc(Cl)cc2s1. The number of thiazole rings is 2. The van der Waals surface area contributed by atoms with Gasteiger partial charge in [-0.15, -0.1) is 11.3 Å². The third-order valence-electron chi connectivity index (χ3n) is 4.01. The van der Waals surface area contributed by atoms with Gasteiger partial charge >= 0.3 is 0 Å². The van der Waals surface area contributed by atoms with Gasteiger partial charge in [0.25, 0.3) is 5.91 Å². The van der Waals surface area contributed by atoms with Crippen LogP contribution in [0.15, 0.2) is 53.9 Å². The van der Waals surface area contributed by atoms with Crippen LogP contribution < -0.4 is 10.6 Å². The van der Waals surface area contributed by atoms with Crippen molar-refractivity contribution in [1.29, 1.82) is 0 Å². The fraction of sp³-hybridized carbons (Fsp3) is 0.100. The van der Waals surface area contributed by atoms with Crippen LogP contribution in [0, 0.1) is 0 Å². The summed E-state index contributed by atoms with van der Waals surface area (Å²) in [6.07, 6.45) is 0.743. The second-order valence-corrected chi connectivity index (χ2v) is 8.47. The number of rotatable bonds is 6. The van der Waals surface area contributed by atoms with Gasteiger partial charge < -0.3 is 5.32 Å². The van der Waals surface area contributed by atoms with Gasteiger partial charge in [-0.25, -0.2) is 9.97 Å². The number of nitrogens with zero attached hydrogens (tertiary/aromatic N) is 2. The standard InChI is InChI=1S/C20H15ClN4O2S2/c21-13-6-8-15-16(10-13)29-20(23-15)24-17(26)9-7-14-11-28-19(22-14)25-18(27)12-4-2-1-3-5-12/h1-6,8,10-11H,7,9H2,(H,22,25,27)(H,23,24,26). The first-order chi connectivity index (χ1) is 14.1. The number of fused-ring (bicyclic) bond motifs is 1. The molecular weight excluding hydrogens is 428 g/mol. The number of aromatic nitrogens is 2. The lowest BCUT2D eigenvalue weighted by Crippen LogP contribution is -2.13. The molecule has 0 aliphatic heterocycles. The quantitative estimate of drug-likeness (QED) is 0.428. The van der Waals surface area contributed by atoms with E-state index in [0.717, 1.165) is 15.9 Å². The van der Waals surface area contributed by atoms with E-state index in [1.165, 1.54) is 22.7 Å². The van der Waals surface area contributed by atoms with E-state index < -0.39 is 0 Å². The molecule has 0 fully saturated rings. The molecule has 0 aliphatic carbocycles. The summed E-state index contributed by atoms with van der Waals surface area (Å²) >= 11 is 8.70. The molecule has 0 bridgehead atoms. The average molecular weight is 443 g/mol. The van der Waals surface area contributed by atoms with Crippen molar-refractivity contribution in [2.45, 2.75) is 12.8 Å². The van der Waals surface area contributed by atoms with Gasteiger partial charge in [0.2, 0.25) is 5.91 Å². The molecule has 0 saturated carbocycles. The Bertz CT molecular complexity index is 1170. The van der Waals surface area contributed by atoms with Gasteiger partial charge in [-0.1, -0.05) is 41.1 Å².